The van der Waals surface area contributed by atoms with E-state index >= 15 is 0 Å². The Labute approximate surface area is 158 Å². The van der Waals surface area contributed by atoms with Gasteiger partial charge in [0.2, 0.25) is 5.89 Å². The Kier molecular flexibility index (Phi) is 6.33. The lowest BCUT2D eigenvalue weighted by Crippen LogP contribution is -2.16. The highest BCUT2D eigenvalue weighted by atomic mass is 16.5. The molecule has 3 aromatic rings. The van der Waals surface area contributed by atoms with Crippen LogP contribution in [0, 0.1) is 0 Å². The molecule has 6 heteroatoms. The van der Waals surface area contributed by atoms with Gasteiger partial charge in [-0.15, -0.1) is 0 Å². The highest BCUT2D eigenvalue weighted by Crippen LogP contribution is 2.27. The van der Waals surface area contributed by atoms with Gasteiger partial charge in [-0.25, -0.2) is 4.98 Å². The van der Waals surface area contributed by atoms with E-state index in [0.717, 1.165) is 24.1 Å². The lowest BCUT2D eigenvalue weighted by molar-refractivity contribution is -0.121. The molecule has 2 aromatic heterocycles. The second-order valence-electron chi connectivity index (χ2n) is 6.52. The average molecular weight is 365 g/mol. The van der Waals surface area contributed by atoms with E-state index < -0.39 is 0 Å². The van der Waals surface area contributed by atoms with Crippen molar-refractivity contribution >= 4 is 5.78 Å². The predicted molar refractivity (Wildman–Crippen MR) is 103 cm³/mol. The Morgan fingerprint density at radius 2 is 1.81 bits per heavy atom. The summed E-state index contributed by atoms with van der Waals surface area (Å²) in [5, 5.41) is 0. The van der Waals surface area contributed by atoms with E-state index in [2.05, 4.69) is 14.9 Å². The van der Waals surface area contributed by atoms with Gasteiger partial charge in [-0.1, -0.05) is 0 Å². The summed E-state index contributed by atoms with van der Waals surface area (Å²) >= 11 is 0. The molecule has 0 bridgehead atoms. The Morgan fingerprint density at radius 3 is 2.52 bits per heavy atom. The number of aromatic nitrogens is 2. The first-order chi connectivity index (χ1) is 13.1. The lowest BCUT2D eigenvalue weighted by atomic mass is 10.2. The van der Waals surface area contributed by atoms with Crippen LogP contribution in [0.5, 0.6) is 5.75 Å². The van der Waals surface area contributed by atoms with Crippen molar-refractivity contribution in [3.05, 3.63) is 55.0 Å². The number of Topliss-reactive ketones (excluding diaryl/α,β-unsaturated/α-hetero) is 1. The van der Waals surface area contributed by atoms with Gasteiger partial charge >= 0.3 is 0 Å². The third-order valence-electron chi connectivity index (χ3n) is 4.03. The van der Waals surface area contributed by atoms with Gasteiger partial charge in [-0.05, 0) is 63.5 Å². The van der Waals surface area contributed by atoms with E-state index in [9.17, 15) is 4.79 Å². The number of carbonyl (C=O) groups excluding carboxylic acids is 1. The lowest BCUT2D eigenvalue weighted by Gasteiger charge is -2.09. The molecule has 0 aliphatic heterocycles. The SMILES string of the molecule is CN(C)CCCC(=O)COc1ccc(-c2cnc(-c3ccncc3)o2)cc1. The molecule has 3 rings (SSSR count). The van der Waals surface area contributed by atoms with Crippen LogP contribution in [0.3, 0.4) is 0 Å². The monoisotopic (exact) mass is 365 g/mol. The Hall–Kier alpha value is -2.99. The molecule has 0 spiro atoms. The van der Waals surface area contributed by atoms with E-state index in [1.165, 1.54) is 0 Å². The smallest absolute Gasteiger partial charge is 0.226 e. The van der Waals surface area contributed by atoms with Crippen LogP contribution in [-0.2, 0) is 4.79 Å². The van der Waals surface area contributed by atoms with Gasteiger partial charge in [-0.3, -0.25) is 9.78 Å². The largest absolute Gasteiger partial charge is 0.486 e. The number of pyridine rings is 1. The molecule has 0 amide bonds. The van der Waals surface area contributed by atoms with E-state index in [1.807, 2.05) is 50.5 Å². The quantitative estimate of drug-likeness (QED) is 0.576. The number of carbonyl (C=O) groups is 1. The van der Waals surface area contributed by atoms with Crippen LogP contribution in [0.2, 0.25) is 0 Å². The fourth-order valence-electron chi connectivity index (χ4n) is 2.58. The molecule has 0 atom stereocenters. The van der Waals surface area contributed by atoms with Crippen molar-refractivity contribution < 1.29 is 13.9 Å². The number of nitrogens with zero attached hydrogens (tertiary/aromatic N) is 3. The Morgan fingerprint density at radius 1 is 1.07 bits per heavy atom. The van der Waals surface area contributed by atoms with Crippen LogP contribution in [-0.4, -0.2) is 47.9 Å². The molecule has 6 nitrogen and oxygen atoms in total. The van der Waals surface area contributed by atoms with Crippen molar-refractivity contribution in [1.82, 2.24) is 14.9 Å². The van der Waals surface area contributed by atoms with Crippen LogP contribution in [0.15, 0.2) is 59.4 Å². The average Bonchev–Trinajstić information content (AvgIpc) is 3.17. The van der Waals surface area contributed by atoms with Gasteiger partial charge in [0.15, 0.2) is 11.5 Å². The Bertz CT molecular complexity index is 858. The summed E-state index contributed by atoms with van der Waals surface area (Å²) in [6.07, 6.45) is 6.48. The van der Waals surface area contributed by atoms with Gasteiger partial charge in [0.1, 0.15) is 12.4 Å². The van der Waals surface area contributed by atoms with Gasteiger partial charge in [0.05, 0.1) is 6.20 Å². The molecular formula is C21H23N3O3. The van der Waals surface area contributed by atoms with E-state index in [1.54, 1.807) is 18.6 Å². The minimum absolute atomic E-state index is 0.0985. The highest BCUT2D eigenvalue weighted by Gasteiger charge is 2.09. The zero-order valence-corrected chi connectivity index (χ0v) is 15.6. The summed E-state index contributed by atoms with van der Waals surface area (Å²) in [6, 6.07) is 11.1. The molecule has 0 aliphatic carbocycles. The summed E-state index contributed by atoms with van der Waals surface area (Å²) in [6.45, 7) is 1.00. The molecule has 0 N–H and O–H groups in total. The Balaban J connectivity index is 1.55. The molecule has 0 saturated heterocycles. The van der Waals surface area contributed by atoms with E-state index in [-0.39, 0.29) is 12.4 Å². The maximum Gasteiger partial charge on any atom is 0.226 e. The molecule has 0 saturated carbocycles. The normalized spacial score (nSPS) is 10.9. The molecule has 27 heavy (non-hydrogen) atoms. The number of oxazole rings is 1. The standard InChI is InChI=1S/C21H23N3O3/c1-24(2)13-3-4-18(25)15-26-19-7-5-16(6-8-19)20-14-23-21(27-20)17-9-11-22-12-10-17/h5-12,14H,3-4,13,15H2,1-2H3. The number of rotatable bonds is 9. The van der Waals surface area contributed by atoms with E-state index in [4.69, 9.17) is 9.15 Å². The van der Waals surface area contributed by atoms with Crippen LogP contribution in [0.1, 0.15) is 12.8 Å². The summed E-state index contributed by atoms with van der Waals surface area (Å²) < 4.78 is 11.4. The second kappa shape index (κ2) is 9.09. The van der Waals surface area contributed by atoms with Gasteiger partial charge in [0, 0.05) is 29.9 Å². The van der Waals surface area contributed by atoms with Crippen molar-refractivity contribution in [2.24, 2.45) is 0 Å². The van der Waals surface area contributed by atoms with Gasteiger partial charge in [0.25, 0.3) is 0 Å². The van der Waals surface area contributed by atoms with Gasteiger partial charge in [-0.2, -0.15) is 0 Å². The first-order valence-corrected chi connectivity index (χ1v) is 8.88. The van der Waals surface area contributed by atoms with Crippen molar-refractivity contribution in [3.63, 3.8) is 0 Å². The highest BCUT2D eigenvalue weighted by molar-refractivity contribution is 5.79. The molecule has 0 aliphatic rings. The van der Waals surface area contributed by atoms with E-state index in [0.29, 0.717) is 23.8 Å². The first kappa shape index (κ1) is 18.8. The molecule has 0 radical (unpaired) electrons. The van der Waals surface area contributed by atoms with Crippen LogP contribution in [0.25, 0.3) is 22.8 Å². The fourth-order valence-corrected chi connectivity index (χ4v) is 2.58. The summed E-state index contributed by atoms with van der Waals surface area (Å²) in [5.74, 6) is 2.00. The first-order valence-electron chi connectivity index (χ1n) is 8.88. The molecular weight excluding hydrogens is 342 g/mol. The maximum atomic E-state index is 11.9. The molecule has 140 valence electrons. The summed E-state index contributed by atoms with van der Waals surface area (Å²) in [4.78, 5) is 22.2. The number of ether oxygens (including phenoxy) is 1. The third kappa shape index (κ3) is 5.49. The topological polar surface area (TPSA) is 68.5 Å². The number of hydrogen-bond donors (Lipinski definition) is 0. The van der Waals surface area contributed by atoms with Crippen LogP contribution < -0.4 is 4.74 Å². The molecule has 0 fully saturated rings. The van der Waals surface area contributed by atoms with Crippen molar-refractivity contribution in [1.29, 1.82) is 0 Å². The molecule has 0 unspecified atom stereocenters. The van der Waals surface area contributed by atoms with Crippen LogP contribution >= 0.6 is 0 Å². The zero-order chi connectivity index (χ0) is 19.1. The summed E-state index contributed by atoms with van der Waals surface area (Å²) in [7, 11) is 3.99. The van der Waals surface area contributed by atoms with Gasteiger partial charge < -0.3 is 14.1 Å². The number of benzene rings is 1. The van der Waals surface area contributed by atoms with Crippen molar-refractivity contribution in [2.75, 3.05) is 27.2 Å². The maximum absolute atomic E-state index is 11.9. The minimum Gasteiger partial charge on any atom is -0.486 e. The summed E-state index contributed by atoms with van der Waals surface area (Å²) in [5.41, 5.74) is 1.77. The molecule has 1 aromatic carbocycles. The number of hydrogen-bond acceptors (Lipinski definition) is 6. The number of ketones is 1. The third-order valence-corrected chi connectivity index (χ3v) is 4.03. The second-order valence-corrected chi connectivity index (χ2v) is 6.52. The van der Waals surface area contributed by atoms with Crippen LogP contribution in [0.4, 0.5) is 0 Å². The van der Waals surface area contributed by atoms with Crippen molar-refractivity contribution in [3.8, 4) is 28.5 Å². The fraction of sp³-hybridized carbons (Fsp3) is 0.286. The minimum atomic E-state index is 0.0985. The zero-order valence-electron chi connectivity index (χ0n) is 15.6. The predicted octanol–water partition coefficient (Wildman–Crippen LogP) is 3.69. The molecule has 2 heterocycles. The van der Waals surface area contributed by atoms with Crippen molar-refractivity contribution in [2.45, 2.75) is 12.8 Å².